The van der Waals surface area contributed by atoms with Gasteiger partial charge in [-0.2, -0.15) is 0 Å². The van der Waals surface area contributed by atoms with Crippen molar-refractivity contribution in [3.63, 3.8) is 0 Å². The van der Waals surface area contributed by atoms with Crippen LogP contribution in [0.2, 0.25) is 0 Å². The highest BCUT2D eigenvalue weighted by atomic mass is 32.1. The van der Waals surface area contributed by atoms with Crippen LogP contribution < -0.4 is 5.32 Å². The molecule has 1 N–H and O–H groups in total. The van der Waals surface area contributed by atoms with Gasteiger partial charge in [-0.05, 0) is 25.3 Å². The first kappa shape index (κ1) is 16.6. The van der Waals surface area contributed by atoms with Crippen molar-refractivity contribution in [2.45, 2.75) is 13.8 Å². The van der Waals surface area contributed by atoms with Crippen molar-refractivity contribution in [3.05, 3.63) is 38.2 Å². The third-order valence-corrected chi connectivity index (χ3v) is 3.05. The molecule has 1 amide bonds. The average molecular weight is 314 g/mol. The van der Waals surface area contributed by atoms with Crippen molar-refractivity contribution in [2.75, 3.05) is 13.2 Å². The zero-order valence-corrected chi connectivity index (χ0v) is 12.3. The number of ether oxygens (including phenoxy) is 2. The van der Waals surface area contributed by atoms with E-state index >= 15 is 0 Å². The Morgan fingerprint density at radius 1 is 1.33 bits per heavy atom. The third kappa shape index (κ3) is 4.56. The van der Waals surface area contributed by atoms with Crippen LogP contribution in [0.3, 0.4) is 0 Å². The number of carbonyl (C=O) groups excluding carboxylic acids is 2. The Morgan fingerprint density at radius 3 is 2.48 bits per heavy atom. The Kier molecular flexibility index (Phi) is 6.34. The molecule has 114 valence electrons. The highest BCUT2D eigenvalue weighted by molar-refractivity contribution is 7.11. The van der Waals surface area contributed by atoms with E-state index in [0.29, 0.717) is 4.88 Å². The fourth-order valence-electron chi connectivity index (χ4n) is 1.39. The first-order valence-electron chi connectivity index (χ1n) is 6.04. The van der Waals surface area contributed by atoms with E-state index in [0.717, 1.165) is 11.3 Å². The molecule has 0 bridgehead atoms. The molecule has 0 aliphatic rings. The summed E-state index contributed by atoms with van der Waals surface area (Å²) in [6, 6.07) is 3.17. The van der Waals surface area contributed by atoms with Gasteiger partial charge in [-0.1, -0.05) is 6.07 Å². The number of hydrogen-bond acceptors (Lipinski definition) is 7. The number of carbonyl (C=O) groups is 2. The molecule has 9 heteroatoms. The smallest absolute Gasteiger partial charge is 0.412 e. The maximum atomic E-state index is 11.8. The number of nitro groups is 1. The summed E-state index contributed by atoms with van der Waals surface area (Å²) in [5.74, 6) is -1.12. The summed E-state index contributed by atoms with van der Waals surface area (Å²) in [6.07, 6.45) is -0.885. The molecule has 0 spiro atoms. The average Bonchev–Trinajstić information content (AvgIpc) is 2.91. The number of thiophene rings is 1. The van der Waals surface area contributed by atoms with Gasteiger partial charge in [0.15, 0.2) is 0 Å². The van der Waals surface area contributed by atoms with Crippen LogP contribution in [0.1, 0.15) is 18.7 Å². The lowest BCUT2D eigenvalue weighted by Gasteiger charge is -2.09. The molecule has 0 radical (unpaired) electrons. The summed E-state index contributed by atoms with van der Waals surface area (Å²) < 4.78 is 9.35. The van der Waals surface area contributed by atoms with Crippen LogP contribution in [0.25, 0.3) is 5.70 Å². The summed E-state index contributed by atoms with van der Waals surface area (Å²) in [7, 11) is 0. The number of nitrogens with zero attached hydrogens (tertiary/aromatic N) is 1. The van der Waals surface area contributed by atoms with Crippen LogP contribution in [0.4, 0.5) is 4.79 Å². The molecule has 1 aromatic rings. The lowest BCUT2D eigenvalue weighted by atomic mass is 10.2. The topological polar surface area (TPSA) is 108 Å². The second-order valence-electron chi connectivity index (χ2n) is 3.52. The van der Waals surface area contributed by atoms with Gasteiger partial charge in [0.25, 0.3) is 0 Å². The molecule has 0 atom stereocenters. The number of alkyl carbamates (subject to hydrolysis) is 1. The maximum absolute atomic E-state index is 11.8. The quantitative estimate of drug-likeness (QED) is 0.372. The Hall–Kier alpha value is -2.42. The number of nitrogens with one attached hydrogen (secondary N) is 1. The fraction of sp³-hybridized carbons (Fsp3) is 0.333. The second-order valence-corrected chi connectivity index (χ2v) is 4.47. The molecule has 0 aromatic carbocycles. The van der Waals surface area contributed by atoms with Crippen molar-refractivity contribution in [1.82, 2.24) is 5.32 Å². The zero-order valence-electron chi connectivity index (χ0n) is 11.5. The molecule has 21 heavy (non-hydrogen) atoms. The normalized spacial score (nSPS) is 11.3. The SMILES string of the molecule is CCOC(=O)N/C(=C(\C(=O)OCC)[N+](=O)[O-])c1cccs1. The number of amides is 1. The predicted molar refractivity (Wildman–Crippen MR) is 75.0 cm³/mol. The largest absolute Gasteiger partial charge is 0.458 e. The first-order valence-corrected chi connectivity index (χ1v) is 6.92. The van der Waals surface area contributed by atoms with Crippen molar-refractivity contribution < 1.29 is 24.0 Å². The molecule has 0 aliphatic heterocycles. The summed E-state index contributed by atoms with van der Waals surface area (Å²) >= 11 is 1.13. The van der Waals surface area contributed by atoms with Gasteiger partial charge < -0.3 is 9.47 Å². The van der Waals surface area contributed by atoms with E-state index in [1.807, 2.05) is 0 Å². The van der Waals surface area contributed by atoms with Gasteiger partial charge >= 0.3 is 17.8 Å². The standard InChI is InChI=1S/C12H14N2O6S/c1-3-19-11(15)10(14(17)18)9(8-6-5-7-21-8)13-12(16)20-4-2/h5-7H,3-4H2,1-2H3,(H,13,16)/b10-9+. The van der Waals surface area contributed by atoms with Crippen LogP contribution in [-0.2, 0) is 14.3 Å². The highest BCUT2D eigenvalue weighted by Gasteiger charge is 2.32. The van der Waals surface area contributed by atoms with Crippen LogP contribution in [0.15, 0.2) is 23.2 Å². The molecule has 8 nitrogen and oxygen atoms in total. The fourth-order valence-corrected chi connectivity index (χ4v) is 2.12. The van der Waals surface area contributed by atoms with Crippen LogP contribution in [0, 0.1) is 10.1 Å². The molecule has 1 rings (SSSR count). The van der Waals surface area contributed by atoms with Crippen molar-refractivity contribution in [3.8, 4) is 0 Å². The summed E-state index contributed by atoms with van der Waals surface area (Å²) in [6.45, 7) is 3.19. The van der Waals surface area contributed by atoms with Gasteiger partial charge in [-0.15, -0.1) is 11.3 Å². The van der Waals surface area contributed by atoms with Gasteiger partial charge in [0, 0.05) is 0 Å². The molecule has 1 heterocycles. The van der Waals surface area contributed by atoms with Crippen molar-refractivity contribution in [1.29, 1.82) is 0 Å². The summed E-state index contributed by atoms with van der Waals surface area (Å²) in [5, 5.41) is 15.0. The van der Waals surface area contributed by atoms with Gasteiger partial charge in [0.2, 0.25) is 0 Å². The minimum absolute atomic E-state index is 0.0205. The molecular weight excluding hydrogens is 300 g/mol. The van der Waals surface area contributed by atoms with Crippen LogP contribution >= 0.6 is 11.3 Å². The number of rotatable bonds is 6. The molecule has 0 fully saturated rings. The highest BCUT2D eigenvalue weighted by Crippen LogP contribution is 2.22. The number of hydrogen-bond donors (Lipinski definition) is 1. The monoisotopic (exact) mass is 314 g/mol. The molecule has 0 aliphatic carbocycles. The van der Waals surface area contributed by atoms with E-state index in [4.69, 9.17) is 0 Å². The molecular formula is C12H14N2O6S. The third-order valence-electron chi connectivity index (χ3n) is 2.16. The zero-order chi connectivity index (χ0) is 15.8. The second kappa shape index (κ2) is 8.00. The Bertz CT molecular complexity index is 552. The van der Waals surface area contributed by atoms with E-state index in [1.54, 1.807) is 18.4 Å². The first-order chi connectivity index (χ1) is 10.0. The van der Waals surface area contributed by atoms with Gasteiger partial charge in [-0.3, -0.25) is 15.4 Å². The molecule has 0 unspecified atom stereocenters. The van der Waals surface area contributed by atoms with E-state index in [9.17, 15) is 19.7 Å². The maximum Gasteiger partial charge on any atom is 0.412 e. The Morgan fingerprint density at radius 2 is 2.00 bits per heavy atom. The van der Waals surface area contributed by atoms with E-state index in [2.05, 4.69) is 14.8 Å². The predicted octanol–water partition coefficient (Wildman–Crippen LogP) is 2.00. The van der Waals surface area contributed by atoms with Crippen molar-refractivity contribution >= 4 is 29.1 Å². The Labute approximate surface area is 124 Å². The number of esters is 1. The van der Waals surface area contributed by atoms with Crippen LogP contribution in [-0.4, -0.2) is 30.2 Å². The van der Waals surface area contributed by atoms with E-state index in [1.165, 1.54) is 13.0 Å². The van der Waals surface area contributed by atoms with Crippen LogP contribution in [0.5, 0.6) is 0 Å². The van der Waals surface area contributed by atoms with Gasteiger partial charge in [0.05, 0.1) is 23.0 Å². The minimum atomic E-state index is -1.12. The van der Waals surface area contributed by atoms with Gasteiger partial charge in [0.1, 0.15) is 5.70 Å². The molecule has 1 aromatic heterocycles. The van der Waals surface area contributed by atoms with E-state index < -0.39 is 22.7 Å². The minimum Gasteiger partial charge on any atom is -0.458 e. The van der Waals surface area contributed by atoms with E-state index in [-0.39, 0.29) is 18.9 Å². The lowest BCUT2D eigenvalue weighted by Crippen LogP contribution is -2.28. The lowest BCUT2D eigenvalue weighted by molar-refractivity contribution is -0.420. The van der Waals surface area contributed by atoms with Crippen molar-refractivity contribution in [2.24, 2.45) is 0 Å². The molecule has 0 saturated carbocycles. The van der Waals surface area contributed by atoms with Gasteiger partial charge in [-0.25, -0.2) is 9.59 Å². The summed E-state index contributed by atoms with van der Waals surface area (Å²) in [5.41, 5.74) is -1.08. The summed E-state index contributed by atoms with van der Waals surface area (Å²) in [4.78, 5) is 33.9. The Balaban J connectivity index is 3.29. The molecule has 0 saturated heterocycles.